The molecule has 1 N–H and O–H groups in total. The standard InChI is InChI=1S/C25H21ClN6O/c1-17-10-12-19(13-11-17)23-15-22(18-6-3-2-4-7-18)31(25-28-29-30-32(23)25)16-24(33)27-21-9-5-8-20(26)14-21/h2-15,23H,16H2,1H3,(H,27,33). The van der Waals surface area contributed by atoms with E-state index in [4.69, 9.17) is 11.6 Å². The minimum Gasteiger partial charge on any atom is -0.324 e. The molecule has 7 nitrogen and oxygen atoms in total. The van der Waals surface area contributed by atoms with Crippen LogP contribution in [0.5, 0.6) is 0 Å². The van der Waals surface area contributed by atoms with Gasteiger partial charge < -0.3 is 5.32 Å². The number of aromatic nitrogens is 4. The molecule has 1 aliphatic rings. The summed E-state index contributed by atoms with van der Waals surface area (Å²) in [6, 6.07) is 25.1. The van der Waals surface area contributed by atoms with E-state index < -0.39 is 0 Å². The van der Waals surface area contributed by atoms with E-state index >= 15 is 0 Å². The zero-order valence-electron chi connectivity index (χ0n) is 17.9. The lowest BCUT2D eigenvalue weighted by molar-refractivity contribution is -0.114. The SMILES string of the molecule is Cc1ccc(C2C=C(c3ccccc3)N(CC(=O)Nc3cccc(Cl)c3)c3nnnn32)cc1. The van der Waals surface area contributed by atoms with Gasteiger partial charge in [-0.3, -0.25) is 9.69 Å². The summed E-state index contributed by atoms with van der Waals surface area (Å²) in [6.45, 7) is 2.09. The number of amides is 1. The van der Waals surface area contributed by atoms with Gasteiger partial charge >= 0.3 is 0 Å². The third-order valence-corrected chi connectivity index (χ3v) is 5.72. The van der Waals surface area contributed by atoms with Crippen LogP contribution in [0.1, 0.15) is 22.7 Å². The summed E-state index contributed by atoms with van der Waals surface area (Å²) < 4.78 is 1.74. The van der Waals surface area contributed by atoms with Crippen molar-refractivity contribution in [1.29, 1.82) is 0 Å². The van der Waals surface area contributed by atoms with E-state index in [1.165, 1.54) is 5.56 Å². The lowest BCUT2D eigenvalue weighted by Gasteiger charge is -2.32. The van der Waals surface area contributed by atoms with Crippen LogP contribution in [-0.2, 0) is 4.79 Å². The second-order valence-corrected chi connectivity index (χ2v) is 8.28. The van der Waals surface area contributed by atoms with Crippen molar-refractivity contribution in [3.05, 3.63) is 107 Å². The molecule has 0 saturated carbocycles. The average molecular weight is 457 g/mol. The maximum Gasteiger partial charge on any atom is 0.251 e. The first kappa shape index (κ1) is 20.9. The summed E-state index contributed by atoms with van der Waals surface area (Å²) in [5, 5.41) is 15.9. The maximum absolute atomic E-state index is 13.0. The van der Waals surface area contributed by atoms with Crippen molar-refractivity contribution in [2.24, 2.45) is 0 Å². The Kier molecular flexibility index (Phi) is 5.62. The molecule has 0 fully saturated rings. The van der Waals surface area contributed by atoms with Crippen molar-refractivity contribution in [3.8, 4) is 0 Å². The molecular formula is C25H21ClN6O. The Bertz CT molecular complexity index is 1320. The Balaban J connectivity index is 1.53. The Morgan fingerprint density at radius 1 is 1.03 bits per heavy atom. The van der Waals surface area contributed by atoms with Crippen LogP contribution in [0.2, 0.25) is 5.02 Å². The molecular weight excluding hydrogens is 436 g/mol. The molecule has 1 aromatic heterocycles. The largest absolute Gasteiger partial charge is 0.324 e. The lowest BCUT2D eigenvalue weighted by atomic mass is 10.00. The number of aryl methyl sites for hydroxylation is 1. The first-order valence-corrected chi connectivity index (χ1v) is 10.9. The molecule has 1 unspecified atom stereocenters. The van der Waals surface area contributed by atoms with Crippen LogP contribution in [0, 0.1) is 6.92 Å². The fraction of sp³-hybridized carbons (Fsp3) is 0.120. The van der Waals surface area contributed by atoms with Crippen molar-refractivity contribution in [2.45, 2.75) is 13.0 Å². The third kappa shape index (κ3) is 4.36. The highest BCUT2D eigenvalue weighted by atomic mass is 35.5. The molecule has 0 aliphatic carbocycles. The monoisotopic (exact) mass is 456 g/mol. The molecule has 0 radical (unpaired) electrons. The second-order valence-electron chi connectivity index (χ2n) is 7.84. The van der Waals surface area contributed by atoms with Crippen LogP contribution >= 0.6 is 11.6 Å². The van der Waals surface area contributed by atoms with Gasteiger partial charge in [-0.25, -0.2) is 0 Å². The van der Waals surface area contributed by atoms with Gasteiger partial charge in [0, 0.05) is 10.7 Å². The number of nitrogens with one attached hydrogen (secondary N) is 1. The third-order valence-electron chi connectivity index (χ3n) is 5.49. The van der Waals surface area contributed by atoms with Crippen molar-refractivity contribution in [1.82, 2.24) is 20.2 Å². The van der Waals surface area contributed by atoms with Gasteiger partial charge in [0.2, 0.25) is 5.91 Å². The van der Waals surface area contributed by atoms with Crippen LogP contribution in [0.4, 0.5) is 11.6 Å². The number of carbonyl (C=O) groups excluding carboxylic acids is 1. The number of fused-ring (bicyclic) bond motifs is 1. The summed E-state index contributed by atoms with van der Waals surface area (Å²) >= 11 is 6.06. The van der Waals surface area contributed by atoms with Gasteiger partial charge in [-0.1, -0.05) is 82.9 Å². The first-order chi connectivity index (χ1) is 16.1. The summed E-state index contributed by atoms with van der Waals surface area (Å²) in [5.74, 6) is 0.297. The summed E-state index contributed by atoms with van der Waals surface area (Å²) in [5.41, 5.74) is 4.71. The van der Waals surface area contributed by atoms with Crippen LogP contribution in [0.15, 0.2) is 84.9 Å². The quantitative estimate of drug-likeness (QED) is 0.470. The highest BCUT2D eigenvalue weighted by Gasteiger charge is 2.31. The van der Waals surface area contributed by atoms with E-state index in [0.717, 1.165) is 16.8 Å². The molecule has 2 heterocycles. The van der Waals surface area contributed by atoms with Crippen LogP contribution in [-0.4, -0.2) is 32.7 Å². The number of halogens is 1. The maximum atomic E-state index is 13.0. The Morgan fingerprint density at radius 2 is 1.82 bits per heavy atom. The minimum atomic E-state index is -0.206. The van der Waals surface area contributed by atoms with E-state index in [-0.39, 0.29) is 18.5 Å². The number of benzene rings is 3. The van der Waals surface area contributed by atoms with Crippen LogP contribution in [0.25, 0.3) is 5.70 Å². The van der Waals surface area contributed by atoms with Crippen molar-refractivity contribution in [3.63, 3.8) is 0 Å². The number of anilines is 2. The van der Waals surface area contributed by atoms with Crippen molar-refractivity contribution >= 4 is 34.8 Å². The van der Waals surface area contributed by atoms with Crippen LogP contribution < -0.4 is 10.2 Å². The number of rotatable bonds is 5. The van der Waals surface area contributed by atoms with Gasteiger partial charge in [-0.05, 0) is 52.8 Å². The predicted molar refractivity (Wildman–Crippen MR) is 129 cm³/mol. The normalized spacial score (nSPS) is 15.0. The Labute approximate surface area is 196 Å². The number of hydrogen-bond acceptors (Lipinski definition) is 5. The van der Waals surface area contributed by atoms with Gasteiger partial charge in [-0.15, -0.1) is 0 Å². The number of carbonyl (C=O) groups is 1. The molecule has 4 aromatic rings. The number of nitrogens with zero attached hydrogens (tertiary/aromatic N) is 5. The van der Waals surface area contributed by atoms with Crippen molar-refractivity contribution < 1.29 is 4.79 Å². The smallest absolute Gasteiger partial charge is 0.251 e. The highest BCUT2D eigenvalue weighted by Crippen LogP contribution is 2.36. The molecule has 164 valence electrons. The highest BCUT2D eigenvalue weighted by molar-refractivity contribution is 6.30. The van der Waals surface area contributed by atoms with E-state index in [0.29, 0.717) is 16.7 Å². The van der Waals surface area contributed by atoms with E-state index in [9.17, 15) is 4.79 Å². The molecule has 1 aliphatic heterocycles. The zero-order valence-corrected chi connectivity index (χ0v) is 18.6. The molecule has 0 spiro atoms. The summed E-state index contributed by atoms with van der Waals surface area (Å²) in [7, 11) is 0. The molecule has 0 saturated heterocycles. The summed E-state index contributed by atoms with van der Waals surface area (Å²) in [6.07, 6.45) is 2.09. The van der Waals surface area contributed by atoms with E-state index in [1.807, 2.05) is 35.2 Å². The summed E-state index contributed by atoms with van der Waals surface area (Å²) in [4.78, 5) is 14.8. The van der Waals surface area contributed by atoms with Gasteiger partial charge in [0.25, 0.3) is 5.95 Å². The van der Waals surface area contributed by atoms with Crippen molar-refractivity contribution in [2.75, 3.05) is 16.8 Å². The molecule has 1 atom stereocenters. The molecule has 5 rings (SSSR count). The van der Waals surface area contributed by atoms with Gasteiger partial charge in [0.1, 0.15) is 12.6 Å². The zero-order chi connectivity index (χ0) is 22.8. The van der Waals surface area contributed by atoms with Gasteiger partial charge in [0.15, 0.2) is 0 Å². The topological polar surface area (TPSA) is 75.9 Å². The molecule has 1 amide bonds. The molecule has 0 bridgehead atoms. The Hall–Kier alpha value is -3.97. The second kappa shape index (κ2) is 8.88. The van der Waals surface area contributed by atoms with Gasteiger partial charge in [-0.2, -0.15) is 4.68 Å². The fourth-order valence-electron chi connectivity index (χ4n) is 3.89. The predicted octanol–water partition coefficient (Wildman–Crippen LogP) is 4.72. The fourth-order valence-corrected chi connectivity index (χ4v) is 4.08. The minimum absolute atomic E-state index is 0.0359. The molecule has 8 heteroatoms. The molecule has 3 aromatic carbocycles. The molecule has 33 heavy (non-hydrogen) atoms. The number of tetrazole rings is 1. The van der Waals surface area contributed by atoms with Gasteiger partial charge in [0.05, 0.1) is 5.70 Å². The van der Waals surface area contributed by atoms with Crippen LogP contribution in [0.3, 0.4) is 0 Å². The number of hydrogen-bond donors (Lipinski definition) is 1. The average Bonchev–Trinajstić information content (AvgIpc) is 3.31. The van der Waals surface area contributed by atoms with E-state index in [2.05, 4.69) is 58.1 Å². The Morgan fingerprint density at radius 3 is 2.58 bits per heavy atom. The first-order valence-electron chi connectivity index (χ1n) is 10.5. The van der Waals surface area contributed by atoms with E-state index in [1.54, 1.807) is 28.9 Å². The number of allylic oxidation sites excluding steroid dienone is 1. The lowest BCUT2D eigenvalue weighted by Crippen LogP contribution is -2.37.